The Kier molecular flexibility index (Phi) is 4.59. The van der Waals surface area contributed by atoms with Crippen molar-refractivity contribution in [2.45, 2.75) is 13.0 Å². The number of nitrogens with one attached hydrogen (secondary N) is 1. The molecule has 1 aromatic carbocycles. The minimum atomic E-state index is -0.195. The first-order valence-electron chi connectivity index (χ1n) is 5.41. The van der Waals surface area contributed by atoms with E-state index in [-0.39, 0.29) is 11.9 Å². The molecule has 0 bridgehead atoms. The summed E-state index contributed by atoms with van der Waals surface area (Å²) in [5.74, 6) is -0.195. The highest BCUT2D eigenvalue weighted by Gasteiger charge is 2.18. The van der Waals surface area contributed by atoms with Gasteiger partial charge in [0.15, 0.2) is 0 Å². The third-order valence-electron chi connectivity index (χ3n) is 2.78. The molecule has 18 heavy (non-hydrogen) atoms. The summed E-state index contributed by atoms with van der Waals surface area (Å²) >= 11 is 8.66. The summed E-state index contributed by atoms with van der Waals surface area (Å²) in [5, 5.41) is 3.28. The number of hydrogen-bond donors (Lipinski definition) is 1. The molecular weight excluding hydrogens is 381 g/mol. The molecule has 1 unspecified atom stereocenters. The van der Waals surface area contributed by atoms with E-state index < -0.39 is 0 Å². The molecule has 0 spiro atoms. The van der Waals surface area contributed by atoms with Crippen LogP contribution in [0.1, 0.15) is 22.0 Å². The minimum Gasteiger partial charge on any atom is -0.309 e. The summed E-state index contributed by atoms with van der Waals surface area (Å²) in [7, 11) is 1.91. The van der Waals surface area contributed by atoms with Crippen molar-refractivity contribution < 1.29 is 4.39 Å². The van der Waals surface area contributed by atoms with Crippen molar-refractivity contribution in [1.29, 1.82) is 0 Å². The molecule has 96 valence electrons. The molecule has 0 saturated carbocycles. The van der Waals surface area contributed by atoms with Crippen LogP contribution in [-0.2, 0) is 0 Å². The van der Waals surface area contributed by atoms with Crippen molar-refractivity contribution in [2.24, 2.45) is 0 Å². The smallest absolute Gasteiger partial charge is 0.123 e. The van der Waals surface area contributed by atoms with E-state index in [1.165, 1.54) is 10.9 Å². The minimum absolute atomic E-state index is 0.0817. The second kappa shape index (κ2) is 5.82. The number of rotatable bonds is 3. The molecule has 1 aromatic heterocycles. The normalized spacial score (nSPS) is 12.7. The summed E-state index contributed by atoms with van der Waals surface area (Å²) in [6.07, 6.45) is 0. The van der Waals surface area contributed by atoms with Crippen molar-refractivity contribution >= 4 is 43.2 Å². The molecule has 1 nitrogen and oxygen atoms in total. The number of hydrogen-bond acceptors (Lipinski definition) is 2. The Bertz CT molecular complexity index is 549. The van der Waals surface area contributed by atoms with E-state index in [0.717, 1.165) is 19.4 Å². The Labute approximate surface area is 127 Å². The van der Waals surface area contributed by atoms with Gasteiger partial charge in [0, 0.05) is 9.35 Å². The Balaban J connectivity index is 2.45. The lowest BCUT2D eigenvalue weighted by Gasteiger charge is -2.17. The van der Waals surface area contributed by atoms with Gasteiger partial charge in [0.2, 0.25) is 0 Å². The van der Waals surface area contributed by atoms with Gasteiger partial charge in [-0.3, -0.25) is 0 Å². The van der Waals surface area contributed by atoms with E-state index >= 15 is 0 Å². The zero-order chi connectivity index (χ0) is 13.3. The van der Waals surface area contributed by atoms with E-state index in [0.29, 0.717) is 0 Å². The Hall–Kier alpha value is -0.230. The maximum absolute atomic E-state index is 13.2. The summed E-state index contributed by atoms with van der Waals surface area (Å²) in [4.78, 5) is 1.19. The molecule has 0 fully saturated rings. The van der Waals surface area contributed by atoms with Gasteiger partial charge < -0.3 is 5.32 Å². The summed E-state index contributed by atoms with van der Waals surface area (Å²) < 4.78 is 15.3. The fourth-order valence-electron chi connectivity index (χ4n) is 1.92. The average Bonchev–Trinajstić information content (AvgIpc) is 2.63. The largest absolute Gasteiger partial charge is 0.309 e. The molecule has 1 atom stereocenters. The first-order chi connectivity index (χ1) is 8.52. The fourth-order valence-corrected chi connectivity index (χ4v) is 4.14. The molecule has 2 rings (SSSR count). The van der Waals surface area contributed by atoms with Crippen LogP contribution in [0.5, 0.6) is 0 Å². The van der Waals surface area contributed by atoms with Gasteiger partial charge in [-0.2, -0.15) is 0 Å². The van der Waals surface area contributed by atoms with Crippen LogP contribution in [0.25, 0.3) is 0 Å². The zero-order valence-corrected chi connectivity index (χ0v) is 13.9. The molecule has 1 N–H and O–H groups in total. The van der Waals surface area contributed by atoms with Crippen LogP contribution in [0.2, 0.25) is 0 Å². The van der Waals surface area contributed by atoms with Gasteiger partial charge in [-0.05, 0) is 75.2 Å². The predicted octanol–water partition coefficient (Wildman–Crippen LogP) is 5.03. The SMILES string of the molecule is CNC(c1cc(Br)c(Br)s1)c1ccc(F)cc1C. The number of benzene rings is 1. The topological polar surface area (TPSA) is 12.0 Å². The highest BCUT2D eigenvalue weighted by atomic mass is 79.9. The van der Waals surface area contributed by atoms with Crippen LogP contribution in [-0.4, -0.2) is 7.05 Å². The van der Waals surface area contributed by atoms with Gasteiger partial charge in [0.25, 0.3) is 0 Å². The van der Waals surface area contributed by atoms with Crippen molar-refractivity contribution in [3.05, 3.63) is 54.3 Å². The van der Waals surface area contributed by atoms with Gasteiger partial charge in [-0.25, -0.2) is 4.39 Å². The Morgan fingerprint density at radius 1 is 1.28 bits per heavy atom. The van der Waals surface area contributed by atoms with Gasteiger partial charge in [-0.15, -0.1) is 11.3 Å². The van der Waals surface area contributed by atoms with Crippen LogP contribution in [0.3, 0.4) is 0 Å². The molecule has 0 aliphatic carbocycles. The van der Waals surface area contributed by atoms with Gasteiger partial charge in [-0.1, -0.05) is 6.07 Å². The standard InChI is InChI=1S/C13H12Br2FNS/c1-7-5-8(16)3-4-9(7)12(17-2)11-6-10(14)13(15)18-11/h3-6,12,17H,1-2H3. The quantitative estimate of drug-likeness (QED) is 0.772. The Morgan fingerprint density at radius 2 is 2.00 bits per heavy atom. The highest BCUT2D eigenvalue weighted by molar-refractivity contribution is 9.13. The van der Waals surface area contributed by atoms with Crippen molar-refractivity contribution in [3.8, 4) is 0 Å². The van der Waals surface area contributed by atoms with E-state index in [1.54, 1.807) is 17.4 Å². The molecule has 0 aliphatic heterocycles. The van der Waals surface area contributed by atoms with E-state index in [2.05, 4.69) is 43.2 Å². The summed E-state index contributed by atoms with van der Waals surface area (Å²) in [6.45, 7) is 1.93. The summed E-state index contributed by atoms with van der Waals surface area (Å²) in [5.41, 5.74) is 2.05. The second-order valence-electron chi connectivity index (χ2n) is 3.99. The van der Waals surface area contributed by atoms with Crippen molar-refractivity contribution in [2.75, 3.05) is 7.05 Å². The molecule has 5 heteroatoms. The van der Waals surface area contributed by atoms with Crippen molar-refractivity contribution in [1.82, 2.24) is 5.32 Å². The maximum atomic E-state index is 13.2. The van der Waals surface area contributed by atoms with Gasteiger partial charge in [0.1, 0.15) is 5.82 Å². The maximum Gasteiger partial charge on any atom is 0.123 e. The first kappa shape index (κ1) is 14.2. The zero-order valence-electron chi connectivity index (χ0n) is 9.93. The lowest BCUT2D eigenvalue weighted by atomic mass is 10.00. The monoisotopic (exact) mass is 391 g/mol. The molecule has 0 aliphatic rings. The second-order valence-corrected chi connectivity index (χ2v) is 7.25. The lowest BCUT2D eigenvalue weighted by Crippen LogP contribution is -2.17. The third kappa shape index (κ3) is 2.85. The molecule has 2 aromatic rings. The third-order valence-corrected chi connectivity index (χ3v) is 6.10. The van der Waals surface area contributed by atoms with E-state index in [1.807, 2.05) is 20.0 Å². The van der Waals surface area contributed by atoms with Gasteiger partial charge in [0.05, 0.1) is 9.83 Å². The lowest BCUT2D eigenvalue weighted by molar-refractivity contribution is 0.622. The Morgan fingerprint density at radius 3 is 2.50 bits per heavy atom. The van der Waals surface area contributed by atoms with Crippen molar-refractivity contribution in [3.63, 3.8) is 0 Å². The summed E-state index contributed by atoms with van der Waals surface area (Å²) in [6, 6.07) is 7.08. The molecule has 0 radical (unpaired) electrons. The van der Waals surface area contributed by atoms with Gasteiger partial charge >= 0.3 is 0 Å². The van der Waals surface area contributed by atoms with Crippen LogP contribution in [0.15, 0.2) is 32.5 Å². The average molecular weight is 393 g/mol. The van der Waals surface area contributed by atoms with E-state index in [9.17, 15) is 4.39 Å². The van der Waals surface area contributed by atoms with Crippen LogP contribution in [0.4, 0.5) is 4.39 Å². The highest BCUT2D eigenvalue weighted by Crippen LogP contribution is 2.38. The molecule has 0 saturated heterocycles. The molecule has 1 heterocycles. The first-order valence-corrected chi connectivity index (χ1v) is 7.81. The molecular formula is C13H12Br2FNS. The number of halogens is 3. The van der Waals surface area contributed by atoms with Crippen LogP contribution >= 0.6 is 43.2 Å². The predicted molar refractivity (Wildman–Crippen MR) is 81.8 cm³/mol. The number of thiophene rings is 1. The van der Waals surface area contributed by atoms with Crippen LogP contribution in [0, 0.1) is 12.7 Å². The van der Waals surface area contributed by atoms with E-state index in [4.69, 9.17) is 0 Å². The molecule has 0 amide bonds. The number of aryl methyl sites for hydroxylation is 1. The fraction of sp³-hybridized carbons (Fsp3) is 0.231. The van der Waals surface area contributed by atoms with Crippen LogP contribution < -0.4 is 5.32 Å².